The number of carboxylic acids is 1. The molecule has 19 heteroatoms. The molecule has 0 aromatic heterocycles. The van der Waals surface area contributed by atoms with E-state index in [-0.39, 0.29) is 24.8 Å². The molecular formula is C32H57N9O10. The lowest BCUT2D eigenvalue weighted by Crippen LogP contribution is -2.59. The van der Waals surface area contributed by atoms with Gasteiger partial charge in [0.15, 0.2) is 0 Å². The molecule has 1 aliphatic heterocycles. The predicted octanol–water partition coefficient (Wildman–Crippen LogP) is -3.60. The Kier molecular flexibility index (Phi) is 19.7. The molecule has 1 heterocycles. The molecule has 12 N–H and O–H groups in total. The Bertz CT molecular complexity index is 1230. The van der Waals surface area contributed by atoms with Gasteiger partial charge in [0, 0.05) is 6.54 Å². The summed E-state index contributed by atoms with van der Waals surface area (Å²) < 4.78 is 0. The first-order valence-electron chi connectivity index (χ1n) is 17.3. The Morgan fingerprint density at radius 1 is 0.784 bits per heavy atom. The van der Waals surface area contributed by atoms with E-state index in [4.69, 9.17) is 11.5 Å². The zero-order valence-electron chi connectivity index (χ0n) is 30.2. The first-order valence-corrected chi connectivity index (χ1v) is 17.3. The molecule has 0 saturated carbocycles. The molecule has 0 radical (unpaired) electrons. The molecular weight excluding hydrogens is 670 g/mol. The SMILES string of the molecule is CC[C@H](C)[C@H](NC(=O)CNC(=O)[C@H](CCCCN)NC(=O)[C@@H](NC(=O)CNC(=O)[C@@H](NC(=O)[C@@H]1CCCN1C(=O)CN)C(C)C)[C@@H](C)O)C(=O)O. The van der Waals surface area contributed by atoms with Crippen LogP contribution < -0.4 is 43.4 Å². The molecule has 7 amide bonds. The highest BCUT2D eigenvalue weighted by Gasteiger charge is 2.36. The Hall–Kier alpha value is -4.36. The van der Waals surface area contributed by atoms with E-state index in [9.17, 15) is 48.6 Å². The van der Waals surface area contributed by atoms with Crippen molar-refractivity contribution in [3.05, 3.63) is 0 Å². The van der Waals surface area contributed by atoms with Gasteiger partial charge in [0.25, 0.3) is 0 Å². The first-order chi connectivity index (χ1) is 24.0. The Morgan fingerprint density at radius 3 is 1.88 bits per heavy atom. The van der Waals surface area contributed by atoms with Crippen molar-refractivity contribution in [1.82, 2.24) is 36.8 Å². The number of nitrogens with two attached hydrogens (primary N) is 2. The van der Waals surface area contributed by atoms with Gasteiger partial charge in [-0.3, -0.25) is 33.6 Å². The molecule has 0 aromatic rings. The van der Waals surface area contributed by atoms with Crippen LogP contribution in [0.5, 0.6) is 0 Å². The van der Waals surface area contributed by atoms with Crippen LogP contribution in [0.3, 0.4) is 0 Å². The predicted molar refractivity (Wildman–Crippen MR) is 184 cm³/mol. The number of amides is 7. The Morgan fingerprint density at radius 2 is 1.37 bits per heavy atom. The second kappa shape index (κ2) is 22.5. The third-order valence-electron chi connectivity index (χ3n) is 8.60. The summed E-state index contributed by atoms with van der Waals surface area (Å²) >= 11 is 0. The summed E-state index contributed by atoms with van der Waals surface area (Å²) in [6.45, 7) is 7.26. The summed E-state index contributed by atoms with van der Waals surface area (Å²) in [6.07, 6.45) is 1.07. The van der Waals surface area contributed by atoms with Crippen molar-refractivity contribution in [3.63, 3.8) is 0 Å². The summed E-state index contributed by atoms with van der Waals surface area (Å²) in [4.78, 5) is 102. The van der Waals surface area contributed by atoms with Crippen LogP contribution in [0.2, 0.25) is 0 Å². The zero-order chi connectivity index (χ0) is 38.8. The van der Waals surface area contributed by atoms with Gasteiger partial charge in [0.05, 0.1) is 25.7 Å². The molecule has 0 bridgehead atoms. The molecule has 7 atom stereocenters. The van der Waals surface area contributed by atoms with Gasteiger partial charge in [-0.05, 0) is 57.4 Å². The number of nitrogens with zero attached hydrogens (tertiary/aromatic N) is 1. The number of carbonyl (C=O) groups is 8. The minimum absolute atomic E-state index is 0.0961. The number of nitrogens with one attached hydrogen (secondary N) is 6. The molecule has 0 aliphatic carbocycles. The largest absolute Gasteiger partial charge is 0.480 e. The van der Waals surface area contributed by atoms with Gasteiger partial charge in [-0.15, -0.1) is 0 Å². The van der Waals surface area contributed by atoms with Gasteiger partial charge < -0.3 is 58.5 Å². The van der Waals surface area contributed by atoms with Crippen LogP contribution in [0.25, 0.3) is 0 Å². The summed E-state index contributed by atoms with van der Waals surface area (Å²) in [5, 5.41) is 34.3. The van der Waals surface area contributed by atoms with Crippen molar-refractivity contribution in [2.24, 2.45) is 23.3 Å². The number of likely N-dealkylation sites (tertiary alicyclic amines) is 1. The molecule has 290 valence electrons. The second-order valence-corrected chi connectivity index (χ2v) is 13.0. The zero-order valence-corrected chi connectivity index (χ0v) is 30.2. The van der Waals surface area contributed by atoms with E-state index < -0.39 is 96.7 Å². The van der Waals surface area contributed by atoms with Gasteiger partial charge in [0.2, 0.25) is 41.4 Å². The molecule has 51 heavy (non-hydrogen) atoms. The molecule has 1 aliphatic rings. The number of aliphatic carboxylic acids is 1. The summed E-state index contributed by atoms with van der Waals surface area (Å²) in [5.74, 6) is -6.89. The van der Waals surface area contributed by atoms with Crippen LogP contribution in [0.4, 0.5) is 0 Å². The average molecular weight is 728 g/mol. The van der Waals surface area contributed by atoms with Gasteiger partial charge in [-0.25, -0.2) is 4.79 Å². The van der Waals surface area contributed by atoms with Crippen molar-refractivity contribution in [3.8, 4) is 0 Å². The van der Waals surface area contributed by atoms with Crippen LogP contribution in [0, 0.1) is 11.8 Å². The van der Waals surface area contributed by atoms with Gasteiger partial charge in [-0.2, -0.15) is 0 Å². The molecule has 0 aromatic carbocycles. The number of carboxylic acid groups (broad SMARTS) is 1. The smallest absolute Gasteiger partial charge is 0.326 e. The Balaban J connectivity index is 2.87. The van der Waals surface area contributed by atoms with E-state index in [1.807, 2.05) is 0 Å². The molecule has 1 rings (SSSR count). The number of hydrogen-bond donors (Lipinski definition) is 10. The Labute approximate surface area is 298 Å². The van der Waals surface area contributed by atoms with E-state index in [1.54, 1.807) is 27.7 Å². The minimum Gasteiger partial charge on any atom is -0.480 e. The summed E-state index contributed by atoms with van der Waals surface area (Å²) in [6, 6.07) is -5.75. The van der Waals surface area contributed by atoms with Crippen molar-refractivity contribution in [2.75, 3.05) is 32.7 Å². The standard InChI is InChI=1S/C32H57N9O10/c1-6-18(4)26(32(50)51)38-22(43)15-35-28(46)20(10-7-8-12-33)37-31(49)27(19(5)42)39-23(44)16-36-30(48)25(17(2)3)40-29(47)21-11-9-13-41(21)24(45)14-34/h17-21,25-27,42H,6-16,33-34H2,1-5H3,(H,35,46)(H,36,48)(H,37,49)(H,38,43)(H,39,44)(H,40,47)(H,50,51)/t18-,19+,20-,21-,25-,26-,27-/m0/s1. The second-order valence-electron chi connectivity index (χ2n) is 13.0. The normalized spacial score (nSPS) is 17.6. The maximum absolute atomic E-state index is 13.2. The van der Waals surface area contributed by atoms with E-state index in [1.165, 1.54) is 11.8 Å². The molecule has 0 unspecified atom stereocenters. The van der Waals surface area contributed by atoms with Crippen molar-refractivity contribution in [2.45, 2.75) is 109 Å². The maximum atomic E-state index is 13.2. The molecule has 1 saturated heterocycles. The maximum Gasteiger partial charge on any atom is 0.326 e. The van der Waals surface area contributed by atoms with E-state index in [0.717, 1.165) is 0 Å². The molecule has 0 spiro atoms. The van der Waals surface area contributed by atoms with E-state index >= 15 is 0 Å². The third-order valence-corrected chi connectivity index (χ3v) is 8.60. The van der Waals surface area contributed by atoms with Gasteiger partial charge >= 0.3 is 5.97 Å². The number of hydrogen-bond acceptors (Lipinski definition) is 11. The van der Waals surface area contributed by atoms with E-state index in [0.29, 0.717) is 45.2 Å². The van der Waals surface area contributed by atoms with Crippen LogP contribution >= 0.6 is 0 Å². The fourth-order valence-corrected chi connectivity index (χ4v) is 5.37. The lowest BCUT2D eigenvalue weighted by Gasteiger charge is -2.27. The van der Waals surface area contributed by atoms with Gasteiger partial charge in [-0.1, -0.05) is 34.1 Å². The number of unbranched alkanes of at least 4 members (excludes halogenated alkanes) is 1. The molecule has 1 fully saturated rings. The van der Waals surface area contributed by atoms with Crippen LogP contribution in [-0.4, -0.2) is 131 Å². The highest BCUT2D eigenvalue weighted by molar-refractivity contribution is 5.96. The molecule has 19 nitrogen and oxygen atoms in total. The highest BCUT2D eigenvalue weighted by atomic mass is 16.4. The van der Waals surface area contributed by atoms with Crippen LogP contribution in [0.1, 0.15) is 73.1 Å². The van der Waals surface area contributed by atoms with Gasteiger partial charge in [0.1, 0.15) is 30.2 Å². The number of aliphatic hydroxyl groups is 1. The summed E-state index contributed by atoms with van der Waals surface area (Å²) in [5.41, 5.74) is 11.0. The average Bonchev–Trinajstić information content (AvgIpc) is 3.58. The fraction of sp³-hybridized carbons (Fsp3) is 0.750. The van der Waals surface area contributed by atoms with Crippen molar-refractivity contribution in [1.29, 1.82) is 0 Å². The topological polar surface area (TPSA) is 304 Å². The first kappa shape index (κ1) is 44.7. The minimum atomic E-state index is -1.55. The van der Waals surface area contributed by atoms with Crippen LogP contribution in [0.15, 0.2) is 0 Å². The number of rotatable bonds is 22. The number of aliphatic hydroxyl groups excluding tert-OH is 1. The number of carbonyl (C=O) groups excluding carboxylic acids is 7. The third kappa shape index (κ3) is 14.8. The van der Waals surface area contributed by atoms with E-state index in [2.05, 4.69) is 31.9 Å². The van der Waals surface area contributed by atoms with Crippen LogP contribution in [-0.2, 0) is 38.4 Å². The highest BCUT2D eigenvalue weighted by Crippen LogP contribution is 2.18. The summed E-state index contributed by atoms with van der Waals surface area (Å²) in [7, 11) is 0. The quantitative estimate of drug-likeness (QED) is 0.0484. The van der Waals surface area contributed by atoms with Crippen molar-refractivity contribution >= 4 is 47.3 Å². The lowest BCUT2D eigenvalue weighted by atomic mass is 9.99. The lowest BCUT2D eigenvalue weighted by molar-refractivity contribution is -0.143. The van der Waals surface area contributed by atoms with Crippen molar-refractivity contribution < 1.29 is 48.6 Å². The monoisotopic (exact) mass is 727 g/mol. The fourth-order valence-electron chi connectivity index (χ4n) is 5.37.